The molecule has 0 aliphatic carbocycles. The van der Waals surface area contributed by atoms with Crippen LogP contribution in [0.3, 0.4) is 0 Å². The maximum absolute atomic E-state index is 13.0. The molecule has 0 N–H and O–H groups in total. The number of rotatable bonds is 7. The van der Waals surface area contributed by atoms with Gasteiger partial charge in [0.1, 0.15) is 0 Å². The lowest BCUT2D eigenvalue weighted by Crippen LogP contribution is -2.39. The first-order valence-electron chi connectivity index (χ1n) is 8.97. The molecule has 0 fully saturated rings. The zero-order valence-electron chi connectivity index (χ0n) is 15.6. The van der Waals surface area contributed by atoms with Gasteiger partial charge >= 0.3 is 5.97 Å². The van der Waals surface area contributed by atoms with Gasteiger partial charge in [0.05, 0.1) is 6.20 Å². The second-order valence-corrected chi connectivity index (χ2v) is 6.30. The van der Waals surface area contributed by atoms with E-state index in [9.17, 15) is 9.59 Å². The number of carbonyl (C=O) groups excluding carboxylic acids is 2. The predicted molar refractivity (Wildman–Crippen MR) is 104 cm³/mol. The van der Waals surface area contributed by atoms with E-state index < -0.39 is 12.1 Å². The fraction of sp³-hybridized carbons (Fsp3) is 0.182. The Hall–Kier alpha value is -3.54. The van der Waals surface area contributed by atoms with Gasteiger partial charge < -0.3 is 9.64 Å². The van der Waals surface area contributed by atoms with Crippen molar-refractivity contribution in [2.24, 2.45) is 0 Å². The highest BCUT2D eigenvalue weighted by Gasteiger charge is 2.25. The number of aromatic nitrogens is 2. The molecule has 6 nitrogen and oxygen atoms in total. The molecule has 2 aromatic carbocycles. The zero-order valence-corrected chi connectivity index (χ0v) is 15.6. The lowest BCUT2D eigenvalue weighted by atomic mass is 10.1. The van der Waals surface area contributed by atoms with Crippen LogP contribution in [0.1, 0.15) is 28.5 Å². The summed E-state index contributed by atoms with van der Waals surface area (Å²) in [4.78, 5) is 34.7. The van der Waals surface area contributed by atoms with Crippen LogP contribution in [0.15, 0.2) is 79.3 Å². The monoisotopic (exact) mass is 375 g/mol. The molecule has 1 unspecified atom stereocenters. The Morgan fingerprint density at radius 1 is 0.929 bits per heavy atom. The molecule has 1 atom stereocenters. The van der Waals surface area contributed by atoms with Crippen LogP contribution in [-0.4, -0.2) is 32.8 Å². The minimum absolute atomic E-state index is 0.0693. The highest BCUT2D eigenvalue weighted by molar-refractivity contribution is 5.90. The van der Waals surface area contributed by atoms with Crippen molar-refractivity contribution in [3.63, 3.8) is 0 Å². The standard InChI is InChI=1S/C22H21N3O3/c1-17(28-22(27)20-14-23-12-13-24-20)21(26)25(15-18-8-4-2-5-9-18)16-19-10-6-3-7-11-19/h2-14,17H,15-16H2,1H3. The molecule has 28 heavy (non-hydrogen) atoms. The van der Waals surface area contributed by atoms with E-state index in [0.29, 0.717) is 13.1 Å². The van der Waals surface area contributed by atoms with Crippen LogP contribution in [0, 0.1) is 0 Å². The average molecular weight is 375 g/mol. The van der Waals surface area contributed by atoms with Gasteiger partial charge in [0.25, 0.3) is 5.91 Å². The quantitative estimate of drug-likeness (QED) is 0.593. The van der Waals surface area contributed by atoms with Gasteiger partial charge in [0.15, 0.2) is 11.8 Å². The third-order valence-corrected chi connectivity index (χ3v) is 4.15. The summed E-state index contributed by atoms with van der Waals surface area (Å²) in [5.74, 6) is -0.946. The molecule has 0 saturated carbocycles. The van der Waals surface area contributed by atoms with Crippen molar-refractivity contribution in [1.29, 1.82) is 0 Å². The van der Waals surface area contributed by atoms with Gasteiger partial charge in [-0.2, -0.15) is 0 Å². The van der Waals surface area contributed by atoms with Gasteiger partial charge in [-0.3, -0.25) is 9.78 Å². The predicted octanol–water partition coefficient (Wildman–Crippen LogP) is 3.25. The van der Waals surface area contributed by atoms with Gasteiger partial charge in [0.2, 0.25) is 0 Å². The number of benzene rings is 2. The van der Waals surface area contributed by atoms with Crippen LogP contribution in [0.5, 0.6) is 0 Å². The second kappa shape index (κ2) is 9.41. The number of hydrogen-bond acceptors (Lipinski definition) is 5. The van der Waals surface area contributed by atoms with Crippen LogP contribution in [0.25, 0.3) is 0 Å². The smallest absolute Gasteiger partial charge is 0.359 e. The van der Waals surface area contributed by atoms with E-state index in [1.54, 1.807) is 11.8 Å². The largest absolute Gasteiger partial charge is 0.448 e. The molecular formula is C22H21N3O3. The molecule has 1 heterocycles. The zero-order chi connectivity index (χ0) is 19.8. The van der Waals surface area contributed by atoms with Crippen LogP contribution < -0.4 is 0 Å². The molecule has 6 heteroatoms. The van der Waals surface area contributed by atoms with Crippen molar-refractivity contribution in [3.05, 3.63) is 96.1 Å². The van der Waals surface area contributed by atoms with Crippen molar-refractivity contribution in [2.45, 2.75) is 26.1 Å². The number of hydrogen-bond donors (Lipinski definition) is 0. The van der Waals surface area contributed by atoms with Crippen LogP contribution >= 0.6 is 0 Å². The number of ether oxygens (including phenoxy) is 1. The third-order valence-electron chi connectivity index (χ3n) is 4.15. The number of nitrogens with zero attached hydrogens (tertiary/aromatic N) is 3. The van der Waals surface area contributed by atoms with Gasteiger partial charge in [-0.25, -0.2) is 9.78 Å². The molecule has 0 aliphatic heterocycles. The summed E-state index contributed by atoms with van der Waals surface area (Å²) in [5.41, 5.74) is 2.07. The average Bonchev–Trinajstić information content (AvgIpc) is 2.75. The Morgan fingerprint density at radius 2 is 1.50 bits per heavy atom. The summed E-state index contributed by atoms with van der Waals surface area (Å²) in [6.07, 6.45) is 3.24. The van der Waals surface area contributed by atoms with Gasteiger partial charge in [-0.1, -0.05) is 60.7 Å². The highest BCUT2D eigenvalue weighted by atomic mass is 16.5. The Morgan fingerprint density at radius 3 is 2.00 bits per heavy atom. The molecule has 3 aromatic rings. The highest BCUT2D eigenvalue weighted by Crippen LogP contribution is 2.13. The topological polar surface area (TPSA) is 72.4 Å². The Bertz CT molecular complexity index is 861. The fourth-order valence-electron chi connectivity index (χ4n) is 2.75. The molecule has 0 aliphatic rings. The van der Waals surface area contributed by atoms with Crippen LogP contribution in [0.4, 0.5) is 0 Å². The molecule has 1 aromatic heterocycles. The van der Waals surface area contributed by atoms with Crippen LogP contribution in [-0.2, 0) is 22.6 Å². The molecule has 3 rings (SSSR count). The summed E-state index contributed by atoms with van der Waals surface area (Å²) in [6, 6.07) is 19.4. The molecule has 142 valence electrons. The summed E-state index contributed by atoms with van der Waals surface area (Å²) >= 11 is 0. The number of esters is 1. The Labute approximate surface area is 163 Å². The second-order valence-electron chi connectivity index (χ2n) is 6.30. The number of carbonyl (C=O) groups is 2. The van der Waals surface area contributed by atoms with Crippen molar-refractivity contribution in [1.82, 2.24) is 14.9 Å². The lowest BCUT2D eigenvalue weighted by molar-refractivity contribution is -0.141. The molecule has 0 bridgehead atoms. The van der Waals surface area contributed by atoms with Gasteiger partial charge in [0, 0.05) is 25.5 Å². The first kappa shape index (κ1) is 19.2. The molecular weight excluding hydrogens is 354 g/mol. The van der Waals surface area contributed by atoms with E-state index in [4.69, 9.17) is 4.74 Å². The normalized spacial score (nSPS) is 11.5. The molecule has 1 amide bonds. The lowest BCUT2D eigenvalue weighted by Gasteiger charge is -2.26. The fourth-order valence-corrected chi connectivity index (χ4v) is 2.75. The third kappa shape index (κ3) is 5.23. The molecule has 0 saturated heterocycles. The van der Waals surface area contributed by atoms with Gasteiger partial charge in [-0.05, 0) is 18.1 Å². The van der Waals surface area contributed by atoms with Crippen molar-refractivity contribution >= 4 is 11.9 Å². The van der Waals surface area contributed by atoms with E-state index in [1.807, 2.05) is 60.7 Å². The summed E-state index contributed by atoms with van der Waals surface area (Å²) in [5, 5.41) is 0. The van der Waals surface area contributed by atoms with Crippen LogP contribution in [0.2, 0.25) is 0 Å². The van der Waals surface area contributed by atoms with Crippen molar-refractivity contribution in [2.75, 3.05) is 0 Å². The Balaban J connectivity index is 1.74. The van der Waals surface area contributed by atoms with Crippen molar-refractivity contribution < 1.29 is 14.3 Å². The molecule has 0 spiro atoms. The van der Waals surface area contributed by atoms with E-state index in [1.165, 1.54) is 18.6 Å². The van der Waals surface area contributed by atoms with E-state index in [-0.39, 0.29) is 11.6 Å². The first-order chi connectivity index (χ1) is 13.6. The van der Waals surface area contributed by atoms with Crippen molar-refractivity contribution in [3.8, 4) is 0 Å². The maximum Gasteiger partial charge on any atom is 0.359 e. The van der Waals surface area contributed by atoms with Gasteiger partial charge in [-0.15, -0.1) is 0 Å². The SMILES string of the molecule is CC(OC(=O)c1cnccn1)C(=O)N(Cc1ccccc1)Cc1ccccc1. The summed E-state index contributed by atoms with van der Waals surface area (Å²) < 4.78 is 5.32. The Kier molecular flexibility index (Phi) is 6.46. The van der Waals surface area contributed by atoms with E-state index in [2.05, 4.69) is 9.97 Å². The van der Waals surface area contributed by atoms with E-state index >= 15 is 0 Å². The minimum Gasteiger partial charge on any atom is -0.448 e. The maximum atomic E-state index is 13.0. The number of amides is 1. The minimum atomic E-state index is -0.943. The summed E-state index contributed by atoms with van der Waals surface area (Å²) in [6.45, 7) is 2.41. The first-order valence-corrected chi connectivity index (χ1v) is 8.97. The molecule has 0 radical (unpaired) electrons. The van der Waals surface area contributed by atoms with E-state index in [0.717, 1.165) is 11.1 Å². The summed E-state index contributed by atoms with van der Waals surface area (Å²) in [7, 11) is 0.